The van der Waals surface area contributed by atoms with E-state index >= 15 is 0 Å². The second kappa shape index (κ2) is 8.12. The summed E-state index contributed by atoms with van der Waals surface area (Å²) >= 11 is 0. The van der Waals surface area contributed by atoms with E-state index in [9.17, 15) is 0 Å². The molecule has 4 heteroatoms. The standard InChI is InChI=1S/C16H25NO3/c1-18-15-7-4-6-13(5-2-3-10-17)16(15)20-14-8-11-19-12-9-14/h4,6-7,14H,2-3,5,8-12,17H2,1H3. The third kappa shape index (κ3) is 4.12. The van der Waals surface area contributed by atoms with Gasteiger partial charge >= 0.3 is 0 Å². The second-order valence-corrected chi connectivity index (χ2v) is 5.12. The zero-order chi connectivity index (χ0) is 14.2. The quantitative estimate of drug-likeness (QED) is 0.779. The fraction of sp³-hybridized carbons (Fsp3) is 0.625. The summed E-state index contributed by atoms with van der Waals surface area (Å²) in [6, 6.07) is 6.10. The Morgan fingerprint density at radius 1 is 1.25 bits per heavy atom. The fourth-order valence-electron chi connectivity index (χ4n) is 2.47. The Morgan fingerprint density at radius 2 is 2.05 bits per heavy atom. The van der Waals surface area contributed by atoms with E-state index < -0.39 is 0 Å². The van der Waals surface area contributed by atoms with Gasteiger partial charge in [-0.1, -0.05) is 12.1 Å². The highest BCUT2D eigenvalue weighted by Gasteiger charge is 2.19. The molecule has 0 aliphatic carbocycles. The maximum Gasteiger partial charge on any atom is 0.164 e. The van der Waals surface area contributed by atoms with Gasteiger partial charge in [0, 0.05) is 12.8 Å². The second-order valence-electron chi connectivity index (χ2n) is 5.12. The summed E-state index contributed by atoms with van der Waals surface area (Å²) in [7, 11) is 1.69. The predicted octanol–water partition coefficient (Wildman–Crippen LogP) is 2.53. The molecule has 0 spiro atoms. The zero-order valence-electron chi connectivity index (χ0n) is 12.3. The van der Waals surface area contributed by atoms with Crippen LogP contribution in [-0.4, -0.2) is 33.0 Å². The number of hydrogen-bond donors (Lipinski definition) is 1. The van der Waals surface area contributed by atoms with Crippen LogP contribution in [0.1, 0.15) is 31.2 Å². The summed E-state index contributed by atoms with van der Waals surface area (Å²) in [5.74, 6) is 1.72. The van der Waals surface area contributed by atoms with Crippen molar-refractivity contribution in [3.63, 3.8) is 0 Å². The third-order valence-electron chi connectivity index (χ3n) is 3.63. The van der Waals surface area contributed by atoms with Gasteiger partial charge in [0.15, 0.2) is 11.5 Å². The molecule has 1 saturated heterocycles. The number of rotatable bonds is 7. The van der Waals surface area contributed by atoms with E-state index in [4.69, 9.17) is 19.9 Å². The number of ether oxygens (including phenoxy) is 3. The first-order valence-electron chi connectivity index (χ1n) is 7.45. The normalized spacial score (nSPS) is 16.1. The fourth-order valence-corrected chi connectivity index (χ4v) is 2.47. The van der Waals surface area contributed by atoms with Crippen LogP contribution in [0.4, 0.5) is 0 Å². The zero-order valence-corrected chi connectivity index (χ0v) is 12.3. The lowest BCUT2D eigenvalue weighted by molar-refractivity contribution is 0.0241. The minimum Gasteiger partial charge on any atom is -0.493 e. The van der Waals surface area contributed by atoms with Crippen molar-refractivity contribution in [1.82, 2.24) is 0 Å². The Hall–Kier alpha value is -1.26. The van der Waals surface area contributed by atoms with E-state index in [2.05, 4.69) is 6.07 Å². The molecular formula is C16H25NO3. The number of methoxy groups -OCH3 is 1. The summed E-state index contributed by atoms with van der Waals surface area (Å²) in [6.07, 6.45) is 5.21. The molecule has 2 rings (SSSR count). The predicted molar refractivity (Wildman–Crippen MR) is 79.5 cm³/mol. The summed E-state index contributed by atoms with van der Waals surface area (Å²) in [4.78, 5) is 0. The highest BCUT2D eigenvalue weighted by molar-refractivity contribution is 5.46. The molecule has 112 valence electrons. The number of nitrogens with two attached hydrogens (primary N) is 1. The monoisotopic (exact) mass is 279 g/mol. The first kappa shape index (κ1) is 15.1. The van der Waals surface area contributed by atoms with Crippen LogP contribution in [0.5, 0.6) is 11.5 Å². The van der Waals surface area contributed by atoms with Crippen molar-refractivity contribution in [1.29, 1.82) is 0 Å². The first-order valence-corrected chi connectivity index (χ1v) is 7.45. The Labute approximate surface area is 121 Å². The molecule has 0 unspecified atom stereocenters. The Balaban J connectivity index is 2.09. The lowest BCUT2D eigenvalue weighted by atomic mass is 10.1. The highest BCUT2D eigenvalue weighted by Crippen LogP contribution is 2.34. The molecule has 1 aromatic carbocycles. The van der Waals surface area contributed by atoms with Crippen LogP contribution in [0.2, 0.25) is 0 Å². The highest BCUT2D eigenvalue weighted by atomic mass is 16.5. The molecule has 1 aliphatic heterocycles. The van der Waals surface area contributed by atoms with E-state index in [1.807, 2.05) is 12.1 Å². The van der Waals surface area contributed by atoms with E-state index in [-0.39, 0.29) is 6.10 Å². The number of unbranched alkanes of at least 4 members (excludes halogenated alkanes) is 1. The van der Waals surface area contributed by atoms with E-state index in [1.165, 1.54) is 5.56 Å². The SMILES string of the molecule is COc1cccc(CCCCN)c1OC1CCOCC1. The van der Waals surface area contributed by atoms with Gasteiger partial charge in [0.2, 0.25) is 0 Å². The third-order valence-corrected chi connectivity index (χ3v) is 3.63. The summed E-state index contributed by atoms with van der Waals surface area (Å²) < 4.78 is 17.0. The Kier molecular flexibility index (Phi) is 6.15. The van der Waals surface area contributed by atoms with E-state index in [0.29, 0.717) is 0 Å². The van der Waals surface area contributed by atoms with Crippen LogP contribution in [-0.2, 0) is 11.2 Å². The molecule has 1 aromatic rings. The molecular weight excluding hydrogens is 254 g/mol. The molecule has 4 nitrogen and oxygen atoms in total. The number of hydrogen-bond acceptors (Lipinski definition) is 4. The van der Waals surface area contributed by atoms with Gasteiger partial charge in [-0.15, -0.1) is 0 Å². The minimum absolute atomic E-state index is 0.230. The number of benzene rings is 1. The van der Waals surface area contributed by atoms with Crippen LogP contribution in [0.25, 0.3) is 0 Å². The molecule has 1 fully saturated rings. The van der Waals surface area contributed by atoms with E-state index in [0.717, 1.165) is 63.4 Å². The van der Waals surface area contributed by atoms with E-state index in [1.54, 1.807) is 7.11 Å². The molecule has 20 heavy (non-hydrogen) atoms. The lowest BCUT2D eigenvalue weighted by Crippen LogP contribution is -2.26. The maximum absolute atomic E-state index is 6.20. The first-order chi connectivity index (χ1) is 9.85. The molecule has 0 atom stereocenters. The summed E-state index contributed by atoms with van der Waals surface area (Å²) in [5.41, 5.74) is 6.78. The van der Waals surface area contributed by atoms with Crippen molar-refractivity contribution in [2.45, 2.75) is 38.2 Å². The van der Waals surface area contributed by atoms with Crippen LogP contribution in [0, 0.1) is 0 Å². The summed E-state index contributed by atoms with van der Waals surface area (Å²) in [5, 5.41) is 0. The van der Waals surface area contributed by atoms with Crippen molar-refractivity contribution in [3.05, 3.63) is 23.8 Å². The van der Waals surface area contributed by atoms with Gasteiger partial charge < -0.3 is 19.9 Å². The van der Waals surface area contributed by atoms with Crippen molar-refractivity contribution in [2.75, 3.05) is 26.9 Å². The molecule has 0 amide bonds. The van der Waals surface area contributed by atoms with Crippen LogP contribution in [0.3, 0.4) is 0 Å². The van der Waals surface area contributed by atoms with Crippen molar-refractivity contribution >= 4 is 0 Å². The van der Waals surface area contributed by atoms with Gasteiger partial charge in [0.1, 0.15) is 6.10 Å². The number of aryl methyl sites for hydroxylation is 1. The molecule has 0 aromatic heterocycles. The van der Waals surface area contributed by atoms with Crippen molar-refractivity contribution in [3.8, 4) is 11.5 Å². The number of para-hydroxylation sites is 1. The maximum atomic E-state index is 6.20. The van der Waals surface area contributed by atoms with Gasteiger partial charge in [0.05, 0.1) is 20.3 Å². The average Bonchev–Trinajstić information content (AvgIpc) is 2.50. The largest absolute Gasteiger partial charge is 0.493 e. The molecule has 0 radical (unpaired) electrons. The molecule has 0 bridgehead atoms. The van der Waals surface area contributed by atoms with Gasteiger partial charge in [-0.2, -0.15) is 0 Å². The van der Waals surface area contributed by atoms with Crippen molar-refractivity contribution < 1.29 is 14.2 Å². The average molecular weight is 279 g/mol. The Morgan fingerprint density at radius 3 is 2.75 bits per heavy atom. The molecule has 0 saturated carbocycles. The van der Waals surface area contributed by atoms with Crippen LogP contribution >= 0.6 is 0 Å². The smallest absolute Gasteiger partial charge is 0.164 e. The summed E-state index contributed by atoms with van der Waals surface area (Å²) in [6.45, 7) is 2.30. The topological polar surface area (TPSA) is 53.7 Å². The van der Waals surface area contributed by atoms with Gasteiger partial charge in [-0.05, 0) is 37.4 Å². The molecule has 1 aliphatic rings. The lowest BCUT2D eigenvalue weighted by Gasteiger charge is -2.25. The minimum atomic E-state index is 0.230. The van der Waals surface area contributed by atoms with Gasteiger partial charge in [-0.25, -0.2) is 0 Å². The van der Waals surface area contributed by atoms with Crippen molar-refractivity contribution in [2.24, 2.45) is 5.73 Å². The Bertz CT molecular complexity index is 403. The van der Waals surface area contributed by atoms with Crippen LogP contribution in [0.15, 0.2) is 18.2 Å². The van der Waals surface area contributed by atoms with Gasteiger partial charge in [-0.3, -0.25) is 0 Å². The molecule has 1 heterocycles. The van der Waals surface area contributed by atoms with Gasteiger partial charge in [0.25, 0.3) is 0 Å². The molecule has 2 N–H and O–H groups in total. The van der Waals surface area contributed by atoms with Crippen LogP contribution < -0.4 is 15.2 Å².